The lowest BCUT2D eigenvalue weighted by molar-refractivity contribution is -1.92. The van der Waals surface area contributed by atoms with Gasteiger partial charge in [-0.3, -0.25) is 10.1 Å². The summed E-state index contributed by atoms with van der Waals surface area (Å²) in [5, 5.41) is 12.8. The molecule has 26 heavy (non-hydrogen) atoms. The van der Waals surface area contributed by atoms with Crippen LogP contribution in [-0.2, 0) is 0 Å². The van der Waals surface area contributed by atoms with Crippen molar-refractivity contribution in [3.05, 3.63) is 52.2 Å². The minimum absolute atomic E-state index is 0.443. The highest BCUT2D eigenvalue weighted by Gasteiger charge is 2.13. The Morgan fingerprint density at radius 2 is 1.62 bits per heavy atom. The Hall–Kier alpha value is -2.43. The molecular formula is C16H20ClN3O6. The Balaban J connectivity index is 0.000000597. The molecule has 0 aromatic heterocycles. The molecule has 0 unspecified atom stereocenters. The average molecular weight is 386 g/mol. The van der Waals surface area contributed by atoms with Crippen molar-refractivity contribution >= 4 is 28.2 Å². The van der Waals surface area contributed by atoms with Crippen molar-refractivity contribution in [2.24, 2.45) is 0 Å². The van der Waals surface area contributed by atoms with Gasteiger partial charge in [0.05, 0.1) is 25.5 Å². The fourth-order valence-electron chi connectivity index (χ4n) is 2.49. The van der Waals surface area contributed by atoms with Gasteiger partial charge in [-0.25, -0.2) is 0 Å². The van der Waals surface area contributed by atoms with Crippen molar-refractivity contribution in [2.75, 3.05) is 38.0 Å². The van der Waals surface area contributed by atoms with Gasteiger partial charge < -0.3 is 9.80 Å². The van der Waals surface area contributed by atoms with E-state index in [2.05, 4.69) is 17.0 Å². The van der Waals surface area contributed by atoms with Gasteiger partial charge in [0.25, 0.3) is 0 Å². The number of fused-ring (bicyclic) bond motifs is 1. The fourth-order valence-corrected chi connectivity index (χ4v) is 2.49. The first-order chi connectivity index (χ1) is 11.9. The molecule has 0 spiro atoms. The van der Waals surface area contributed by atoms with E-state index in [1.54, 1.807) is 6.08 Å². The smallest absolute Gasteiger partial charge is 0.235 e. The molecule has 0 saturated heterocycles. The molecular weight excluding hydrogens is 366 g/mol. The lowest BCUT2D eigenvalue weighted by Gasteiger charge is -2.23. The van der Waals surface area contributed by atoms with E-state index in [-0.39, 0.29) is 0 Å². The first kappa shape index (κ1) is 21.6. The topological polar surface area (TPSA) is 139 Å². The lowest BCUT2D eigenvalue weighted by Crippen LogP contribution is -2.58. The van der Waals surface area contributed by atoms with E-state index >= 15 is 0 Å². The van der Waals surface area contributed by atoms with Crippen molar-refractivity contribution in [1.29, 1.82) is 0 Å². The van der Waals surface area contributed by atoms with Crippen LogP contribution in [0.1, 0.15) is 5.56 Å². The molecule has 2 aromatic carbocycles. The third kappa shape index (κ3) is 6.47. The largest absolute Gasteiger partial charge is 0.377 e. The summed E-state index contributed by atoms with van der Waals surface area (Å²) in [5.41, 5.74) is 2.90. The zero-order chi connectivity index (χ0) is 20.1. The van der Waals surface area contributed by atoms with E-state index in [4.69, 9.17) is 18.6 Å². The van der Waals surface area contributed by atoms with Gasteiger partial charge in [0.15, 0.2) is 0 Å². The summed E-state index contributed by atoms with van der Waals surface area (Å²) >= 11 is 0. The number of halogens is 1. The van der Waals surface area contributed by atoms with Gasteiger partial charge in [-0.2, -0.15) is 14.0 Å². The van der Waals surface area contributed by atoms with Gasteiger partial charge in [-0.1, -0.05) is 24.3 Å². The summed E-state index contributed by atoms with van der Waals surface area (Å²) in [6.45, 7) is 0. The molecule has 2 rings (SSSR count). The highest BCUT2D eigenvalue weighted by atomic mass is 35.7. The van der Waals surface area contributed by atoms with Crippen LogP contribution < -0.4 is 23.8 Å². The molecule has 2 aromatic rings. The molecule has 0 fully saturated rings. The normalized spacial score (nSPS) is 11.2. The summed E-state index contributed by atoms with van der Waals surface area (Å²) in [4.78, 5) is 14.2. The summed E-state index contributed by atoms with van der Waals surface area (Å²) < 4.78 is 32.7. The summed E-state index contributed by atoms with van der Waals surface area (Å²) in [7, 11) is 3.19. The van der Waals surface area contributed by atoms with Crippen LogP contribution in [0.15, 0.2) is 36.5 Å². The first-order valence-corrected chi connectivity index (χ1v) is 8.53. The number of hydrogen-bond acceptors (Lipinski definition) is 8. The maximum Gasteiger partial charge on any atom is 0.235 e. The molecule has 9 nitrogen and oxygen atoms in total. The summed E-state index contributed by atoms with van der Waals surface area (Å²) in [6, 6.07) is 10.0. The molecule has 1 N–H and O–H groups in total. The molecule has 0 aliphatic heterocycles. The van der Waals surface area contributed by atoms with Crippen LogP contribution in [0.4, 0.5) is 11.4 Å². The van der Waals surface area contributed by atoms with Gasteiger partial charge >= 0.3 is 0 Å². The average Bonchev–Trinajstić information content (AvgIpc) is 2.49. The van der Waals surface area contributed by atoms with Crippen molar-refractivity contribution < 1.29 is 33.8 Å². The number of benzene rings is 2. The molecule has 0 saturated carbocycles. The fraction of sp³-hybridized carbons (Fsp3) is 0.250. The van der Waals surface area contributed by atoms with E-state index in [0.717, 1.165) is 33.9 Å². The van der Waals surface area contributed by atoms with Crippen LogP contribution in [0.2, 0.25) is 0 Å². The van der Waals surface area contributed by atoms with E-state index in [0.29, 0.717) is 0 Å². The Labute approximate surface area is 152 Å². The molecule has 142 valence electrons. The molecule has 0 aliphatic carbocycles. The number of nitro groups is 1. The predicted octanol–water partition coefficient (Wildman–Crippen LogP) is -0.905. The Kier molecular flexibility index (Phi) is 7.30. The SMILES string of the molecule is CN(C)c1cccc2ccc(/C=C/[N+](=O)[O-])c(N(C)C)c12.[O-][Cl+3]([O-])([O-])O. The van der Waals surface area contributed by atoms with Crippen molar-refractivity contribution in [3.63, 3.8) is 0 Å². The van der Waals surface area contributed by atoms with Crippen LogP contribution in [0.25, 0.3) is 16.8 Å². The van der Waals surface area contributed by atoms with Crippen LogP contribution in [-0.4, -0.2) is 37.8 Å². The van der Waals surface area contributed by atoms with E-state index in [1.807, 2.05) is 51.3 Å². The van der Waals surface area contributed by atoms with Crippen LogP contribution in [0.3, 0.4) is 0 Å². The third-order valence-electron chi connectivity index (χ3n) is 3.33. The quantitative estimate of drug-likeness (QED) is 0.527. The number of rotatable bonds is 4. The molecule has 0 heterocycles. The zero-order valence-electron chi connectivity index (χ0n) is 14.7. The monoisotopic (exact) mass is 385 g/mol. The van der Waals surface area contributed by atoms with Crippen molar-refractivity contribution in [1.82, 2.24) is 0 Å². The Morgan fingerprint density at radius 3 is 2.08 bits per heavy atom. The Bertz CT molecular complexity index is 796. The standard InChI is InChI=1S/C16H19N3O2.ClHO4/c1-17(2)14-7-5-6-12-8-9-13(10-11-19(20)21)16(15(12)14)18(3)4;2-1(3,4)5/h5-11H,1-4H3;(H,2,3,4,5)/b11-10+;. The number of nitrogens with zero attached hydrogens (tertiary/aromatic N) is 3. The second-order valence-corrected chi connectivity index (χ2v) is 6.46. The van der Waals surface area contributed by atoms with E-state index in [1.165, 1.54) is 0 Å². The Morgan fingerprint density at radius 1 is 1.04 bits per heavy atom. The van der Waals surface area contributed by atoms with Gasteiger partial charge in [0.2, 0.25) is 6.20 Å². The minimum atomic E-state index is -4.69. The van der Waals surface area contributed by atoms with Crippen LogP contribution in [0.5, 0.6) is 0 Å². The molecule has 0 bridgehead atoms. The third-order valence-corrected chi connectivity index (χ3v) is 3.33. The highest BCUT2D eigenvalue weighted by Crippen LogP contribution is 2.37. The van der Waals surface area contributed by atoms with Gasteiger partial charge in [-0.15, -0.1) is 0 Å². The maximum absolute atomic E-state index is 10.6. The second kappa shape index (κ2) is 8.79. The minimum Gasteiger partial charge on any atom is -0.377 e. The molecule has 0 amide bonds. The number of hydrogen-bond donors (Lipinski definition) is 1. The predicted molar refractivity (Wildman–Crippen MR) is 90.8 cm³/mol. The van der Waals surface area contributed by atoms with E-state index in [9.17, 15) is 10.1 Å². The maximum atomic E-state index is 10.6. The van der Waals surface area contributed by atoms with Crippen molar-refractivity contribution in [2.45, 2.75) is 0 Å². The van der Waals surface area contributed by atoms with Gasteiger partial charge in [0.1, 0.15) is 0 Å². The zero-order valence-corrected chi connectivity index (χ0v) is 15.5. The molecule has 0 radical (unpaired) electrons. The van der Waals surface area contributed by atoms with Crippen molar-refractivity contribution in [3.8, 4) is 0 Å². The lowest BCUT2D eigenvalue weighted by atomic mass is 10.0. The van der Waals surface area contributed by atoms with Crippen LogP contribution in [0, 0.1) is 20.4 Å². The highest BCUT2D eigenvalue weighted by molar-refractivity contribution is 6.06. The number of anilines is 2. The molecule has 10 heteroatoms. The van der Waals surface area contributed by atoms with Crippen LogP contribution >= 0.6 is 0 Å². The first-order valence-electron chi connectivity index (χ1n) is 7.27. The van der Waals surface area contributed by atoms with Gasteiger partial charge in [-0.05, 0) is 11.5 Å². The second-order valence-electron chi connectivity index (χ2n) is 5.66. The summed E-state index contributed by atoms with van der Waals surface area (Å²) in [5.74, 6) is 0. The van der Waals surface area contributed by atoms with E-state index < -0.39 is 15.2 Å². The molecule has 0 atom stereocenters. The summed E-state index contributed by atoms with van der Waals surface area (Å²) in [6.07, 6.45) is 2.52. The van der Waals surface area contributed by atoms with Gasteiger partial charge in [0, 0.05) is 50.9 Å². The molecule has 0 aliphatic rings.